The summed E-state index contributed by atoms with van der Waals surface area (Å²) in [5.41, 5.74) is 7.85. The van der Waals surface area contributed by atoms with Gasteiger partial charge in [0.2, 0.25) is 6.43 Å². The lowest BCUT2D eigenvalue weighted by Crippen LogP contribution is -2.55. The number of nitrogens with zero attached hydrogens (tertiary/aromatic N) is 7. The van der Waals surface area contributed by atoms with Crippen LogP contribution in [-0.4, -0.2) is 67.9 Å². The molecule has 4 aromatic heterocycles. The number of methoxy groups -OCH3 is 1. The highest BCUT2D eigenvalue weighted by atomic mass is 31.2. The summed E-state index contributed by atoms with van der Waals surface area (Å²) in [5, 5.41) is 2.97. The van der Waals surface area contributed by atoms with Gasteiger partial charge in [-0.05, 0) is 85.1 Å². The second-order valence-corrected chi connectivity index (χ2v) is 15.1. The van der Waals surface area contributed by atoms with Crippen molar-refractivity contribution in [2.75, 3.05) is 36.7 Å². The molecule has 3 N–H and O–H groups in total. The van der Waals surface area contributed by atoms with Crippen LogP contribution in [0.3, 0.4) is 0 Å². The number of piperidine rings is 1. The third kappa shape index (κ3) is 8.81. The Kier molecular flexibility index (Phi) is 11.0. The molecule has 19 heteroatoms. The summed E-state index contributed by atoms with van der Waals surface area (Å²) in [5.74, 6) is -1.62. The molecule has 1 atom stereocenters. The number of ether oxygens (including phenoxy) is 1. The van der Waals surface area contributed by atoms with E-state index in [1.807, 2.05) is 4.90 Å². The van der Waals surface area contributed by atoms with Gasteiger partial charge in [0.25, 0.3) is 5.95 Å². The molecule has 0 aliphatic carbocycles. The highest BCUT2D eigenvalue weighted by Crippen LogP contribution is 2.48. The van der Waals surface area contributed by atoms with Crippen molar-refractivity contribution in [3.63, 3.8) is 0 Å². The number of nitrogens with two attached hydrogens (primary N) is 1. The maximum absolute atomic E-state index is 14.7. The summed E-state index contributed by atoms with van der Waals surface area (Å²) >= 11 is 0. The second kappa shape index (κ2) is 16.1. The Morgan fingerprint density at radius 3 is 2.27 bits per heavy atom. The molecule has 6 aromatic rings. The van der Waals surface area contributed by atoms with Crippen molar-refractivity contribution in [3.05, 3.63) is 109 Å². The van der Waals surface area contributed by atoms with E-state index in [2.05, 4.69) is 30.2 Å². The fourth-order valence-corrected chi connectivity index (χ4v) is 7.87. The minimum Gasteiger partial charge on any atom is -0.492 e. The number of fused-ring (bicyclic) bond motifs is 1. The molecule has 2 aromatic carbocycles. The van der Waals surface area contributed by atoms with E-state index in [1.165, 1.54) is 50.1 Å². The van der Waals surface area contributed by atoms with Crippen LogP contribution in [-0.2, 0) is 11.1 Å². The second-order valence-electron chi connectivity index (χ2n) is 13.2. The van der Waals surface area contributed by atoms with Crippen LogP contribution >= 0.6 is 7.60 Å². The number of halogens is 5. The largest absolute Gasteiger partial charge is 0.492 e. The number of benzene rings is 2. The summed E-state index contributed by atoms with van der Waals surface area (Å²) in [6, 6.07) is 14.4. The van der Waals surface area contributed by atoms with Crippen molar-refractivity contribution in [1.82, 2.24) is 29.5 Å². The molecule has 1 saturated heterocycles. The van der Waals surface area contributed by atoms with E-state index < -0.39 is 49.8 Å². The lowest BCUT2D eigenvalue weighted by molar-refractivity contribution is 0.0983. The van der Waals surface area contributed by atoms with Gasteiger partial charge < -0.3 is 34.3 Å². The molecule has 1 aliphatic heterocycles. The number of nitrogens with one attached hydrogen (secondary N) is 1. The molecule has 0 radical (unpaired) electrons. The van der Waals surface area contributed by atoms with Crippen molar-refractivity contribution in [1.29, 1.82) is 0 Å². The van der Waals surface area contributed by atoms with Crippen LogP contribution in [0.1, 0.15) is 24.8 Å². The van der Waals surface area contributed by atoms with Gasteiger partial charge in [-0.3, -0.25) is 4.98 Å². The van der Waals surface area contributed by atoms with Gasteiger partial charge in [-0.1, -0.05) is 0 Å². The van der Waals surface area contributed by atoms with Crippen LogP contribution in [0.2, 0.25) is 0 Å². The Morgan fingerprint density at radius 2 is 1.62 bits per heavy atom. The maximum atomic E-state index is 14.7. The van der Waals surface area contributed by atoms with Gasteiger partial charge in [0, 0.05) is 25.0 Å². The predicted molar refractivity (Wildman–Crippen MR) is 198 cm³/mol. The first-order chi connectivity index (χ1) is 26.9. The first-order valence-corrected chi connectivity index (χ1v) is 19.0. The number of pyridine rings is 2. The van der Waals surface area contributed by atoms with Crippen molar-refractivity contribution in [2.45, 2.75) is 37.8 Å². The van der Waals surface area contributed by atoms with Crippen molar-refractivity contribution in [3.8, 4) is 28.6 Å². The van der Waals surface area contributed by atoms with Gasteiger partial charge in [0.15, 0.2) is 17.2 Å². The van der Waals surface area contributed by atoms with Crippen LogP contribution in [0.4, 0.5) is 33.5 Å². The Labute approximate surface area is 317 Å². The van der Waals surface area contributed by atoms with Crippen LogP contribution in [0, 0.1) is 17.6 Å². The van der Waals surface area contributed by atoms with Crippen molar-refractivity contribution >= 4 is 30.3 Å². The number of rotatable bonds is 14. The Hall–Kier alpha value is -5.87. The number of anilines is 2. The van der Waals surface area contributed by atoms with Crippen LogP contribution < -0.4 is 29.7 Å². The van der Waals surface area contributed by atoms with E-state index in [0.29, 0.717) is 42.0 Å². The molecule has 0 spiro atoms. The van der Waals surface area contributed by atoms with Crippen LogP contribution in [0.15, 0.2) is 85.6 Å². The molecule has 0 amide bonds. The van der Waals surface area contributed by atoms with Gasteiger partial charge in [-0.15, -0.1) is 0 Å². The SMILES string of the molecule is COc1ccc(-c2cc(Cn3cnc4c(NCP(=O)(Oc5ccc(F)cc5)Oc5ccc(F)cc5)ncnc43)c(N3CCC[C@](N)(CC(F)F)C3)cn2)nc1F. The summed E-state index contributed by atoms with van der Waals surface area (Å²) in [6.45, 7) is 0.827. The van der Waals surface area contributed by atoms with Gasteiger partial charge in [0.1, 0.15) is 41.3 Å². The Bertz CT molecular complexity index is 2320. The summed E-state index contributed by atoms with van der Waals surface area (Å²) in [7, 11) is -2.80. The smallest absolute Gasteiger partial charge is 0.449 e. The van der Waals surface area contributed by atoms with Crippen molar-refractivity contribution < 1.29 is 40.3 Å². The molecular weight excluding hydrogens is 760 g/mol. The number of hydrogen-bond donors (Lipinski definition) is 2. The fraction of sp³-hybridized carbons (Fsp3) is 0.270. The van der Waals surface area contributed by atoms with Gasteiger partial charge in [-0.25, -0.2) is 42.1 Å². The third-order valence-corrected chi connectivity index (χ3v) is 10.6. The normalized spacial score (nSPS) is 16.0. The molecule has 7 rings (SSSR count). The lowest BCUT2D eigenvalue weighted by Gasteiger charge is -2.42. The Morgan fingerprint density at radius 1 is 0.929 bits per heavy atom. The molecule has 1 fully saturated rings. The third-order valence-electron chi connectivity index (χ3n) is 9.07. The van der Waals surface area contributed by atoms with Crippen molar-refractivity contribution in [2.24, 2.45) is 5.73 Å². The lowest BCUT2D eigenvalue weighted by atomic mass is 9.86. The summed E-state index contributed by atoms with van der Waals surface area (Å²) < 4.78 is 101. The van der Waals surface area contributed by atoms with Crippen LogP contribution in [0.5, 0.6) is 17.2 Å². The highest BCUT2D eigenvalue weighted by molar-refractivity contribution is 7.54. The molecule has 0 bridgehead atoms. The molecule has 0 saturated carbocycles. The number of imidazole rings is 1. The van der Waals surface area contributed by atoms with E-state index in [0.717, 1.165) is 24.3 Å². The molecule has 13 nitrogen and oxygen atoms in total. The first-order valence-electron chi connectivity index (χ1n) is 17.3. The first kappa shape index (κ1) is 38.4. The van der Waals surface area contributed by atoms with E-state index in [9.17, 15) is 26.5 Å². The minimum absolute atomic E-state index is 0.0356. The molecular formula is C37H35F5N9O4P. The zero-order valence-electron chi connectivity index (χ0n) is 29.8. The zero-order chi connectivity index (χ0) is 39.5. The standard InChI is InChI=1S/C37H35F5N9O4P/c1-53-31-12-11-28(49-34(31)42)29-15-23(30(17-44-29)50-14-2-13-37(43,19-50)16-32(40)41)18-51-21-47-33-35(45-20-46-36(33)51)48-22-56(52,54-26-7-3-24(38)4-8-26)55-27-9-5-25(39)6-10-27/h3-12,15,17,20-21,32H,2,13-14,16,18-19,22,43H2,1H3,(H,45,46,48)/t37-/m0/s1. The zero-order valence-corrected chi connectivity index (χ0v) is 30.7. The molecule has 0 unspecified atom stereocenters. The van der Waals surface area contributed by atoms with Crippen LogP contribution in [0.25, 0.3) is 22.6 Å². The highest BCUT2D eigenvalue weighted by Gasteiger charge is 2.35. The average Bonchev–Trinajstić information content (AvgIpc) is 3.58. The number of aromatic nitrogens is 6. The molecule has 292 valence electrons. The van der Waals surface area contributed by atoms with Gasteiger partial charge in [0.05, 0.1) is 43.3 Å². The number of alkyl halides is 2. The summed E-state index contributed by atoms with van der Waals surface area (Å²) in [4.78, 5) is 23.8. The molecule has 5 heterocycles. The molecule has 1 aliphatic rings. The van der Waals surface area contributed by atoms with E-state index in [1.54, 1.807) is 22.9 Å². The topological polar surface area (TPSA) is 155 Å². The Balaban J connectivity index is 1.20. The number of hydrogen-bond acceptors (Lipinski definition) is 12. The monoisotopic (exact) mass is 795 g/mol. The predicted octanol–water partition coefficient (Wildman–Crippen LogP) is 7.43. The van der Waals surface area contributed by atoms with E-state index in [-0.39, 0.29) is 47.4 Å². The average molecular weight is 796 g/mol. The summed E-state index contributed by atoms with van der Waals surface area (Å²) in [6.07, 6.45) is 1.90. The minimum atomic E-state index is -4.13. The maximum Gasteiger partial charge on any atom is 0.449 e. The van der Waals surface area contributed by atoms with E-state index >= 15 is 0 Å². The molecule has 56 heavy (non-hydrogen) atoms. The van der Waals surface area contributed by atoms with E-state index in [4.69, 9.17) is 19.5 Å². The quantitative estimate of drug-likeness (QED) is 0.0640. The van der Waals surface area contributed by atoms with Gasteiger partial charge in [-0.2, -0.15) is 4.39 Å². The fourth-order valence-electron chi connectivity index (χ4n) is 6.47. The van der Waals surface area contributed by atoms with Gasteiger partial charge >= 0.3 is 7.60 Å².